The zero-order chi connectivity index (χ0) is 17.6. The molecule has 1 fully saturated rings. The van der Waals surface area contributed by atoms with Gasteiger partial charge in [0.05, 0.1) is 12.6 Å². The van der Waals surface area contributed by atoms with Crippen LogP contribution in [-0.4, -0.2) is 60.2 Å². The molecule has 2 rings (SSSR count). The van der Waals surface area contributed by atoms with Crippen LogP contribution in [0.15, 0.2) is 24.5 Å². The minimum absolute atomic E-state index is 0.0425. The summed E-state index contributed by atoms with van der Waals surface area (Å²) >= 11 is 0. The Morgan fingerprint density at radius 3 is 2.79 bits per heavy atom. The average Bonchev–Trinajstić information content (AvgIpc) is 3.00. The van der Waals surface area contributed by atoms with Crippen LogP contribution in [0.2, 0.25) is 0 Å². The molecule has 5 nitrogen and oxygen atoms in total. The van der Waals surface area contributed by atoms with Crippen molar-refractivity contribution in [3.8, 4) is 0 Å². The van der Waals surface area contributed by atoms with Gasteiger partial charge >= 0.3 is 12.2 Å². The number of urea groups is 1. The van der Waals surface area contributed by atoms with Crippen molar-refractivity contribution in [1.82, 2.24) is 20.1 Å². The molecule has 0 saturated carbocycles. The van der Waals surface area contributed by atoms with Gasteiger partial charge in [-0.3, -0.25) is 9.88 Å². The maximum absolute atomic E-state index is 12.3. The number of amides is 2. The average molecular weight is 344 g/mol. The SMILES string of the molecule is CN(CCCNC(=O)N1CCCC1c1ccncc1)CC(F)(F)F. The lowest BCUT2D eigenvalue weighted by atomic mass is 10.1. The third-order valence-electron chi connectivity index (χ3n) is 4.05. The van der Waals surface area contributed by atoms with Crippen LogP contribution in [0, 0.1) is 0 Å². The number of pyridine rings is 1. The fraction of sp³-hybridized carbons (Fsp3) is 0.625. The van der Waals surface area contributed by atoms with E-state index in [1.807, 2.05) is 12.1 Å². The second-order valence-electron chi connectivity index (χ2n) is 6.07. The molecule has 1 N–H and O–H groups in total. The zero-order valence-electron chi connectivity index (χ0n) is 13.7. The van der Waals surface area contributed by atoms with Crippen molar-refractivity contribution in [2.75, 3.05) is 33.2 Å². The lowest BCUT2D eigenvalue weighted by molar-refractivity contribution is -0.143. The first-order valence-electron chi connectivity index (χ1n) is 8.06. The van der Waals surface area contributed by atoms with E-state index in [1.165, 1.54) is 11.9 Å². The monoisotopic (exact) mass is 344 g/mol. The van der Waals surface area contributed by atoms with Gasteiger partial charge in [0.1, 0.15) is 0 Å². The summed E-state index contributed by atoms with van der Waals surface area (Å²) in [6.45, 7) is 0.401. The number of alkyl halides is 3. The first kappa shape index (κ1) is 18.5. The van der Waals surface area contributed by atoms with E-state index in [9.17, 15) is 18.0 Å². The van der Waals surface area contributed by atoms with Crippen molar-refractivity contribution in [3.63, 3.8) is 0 Å². The lowest BCUT2D eigenvalue weighted by Crippen LogP contribution is -2.40. The molecule has 2 amide bonds. The summed E-state index contributed by atoms with van der Waals surface area (Å²) in [6.07, 6.45) is 1.55. The molecule has 0 bridgehead atoms. The van der Waals surface area contributed by atoms with Gasteiger partial charge in [-0.25, -0.2) is 4.79 Å². The van der Waals surface area contributed by atoms with Crippen LogP contribution in [0.3, 0.4) is 0 Å². The molecule has 134 valence electrons. The molecular formula is C16H23F3N4O. The Hall–Kier alpha value is -1.83. The fourth-order valence-electron chi connectivity index (χ4n) is 2.97. The summed E-state index contributed by atoms with van der Waals surface area (Å²) in [5.74, 6) is 0. The predicted octanol–water partition coefficient (Wildman–Crippen LogP) is 2.81. The van der Waals surface area contributed by atoms with Crippen LogP contribution in [0.25, 0.3) is 0 Å². The van der Waals surface area contributed by atoms with Gasteiger partial charge in [-0.2, -0.15) is 13.2 Å². The van der Waals surface area contributed by atoms with E-state index in [4.69, 9.17) is 0 Å². The maximum Gasteiger partial charge on any atom is 0.401 e. The number of likely N-dealkylation sites (tertiary alicyclic amines) is 1. The second kappa shape index (κ2) is 8.32. The number of nitrogens with zero attached hydrogens (tertiary/aromatic N) is 3. The van der Waals surface area contributed by atoms with Gasteiger partial charge in [0, 0.05) is 25.5 Å². The van der Waals surface area contributed by atoms with Gasteiger partial charge in [-0.1, -0.05) is 0 Å². The highest BCUT2D eigenvalue weighted by Gasteiger charge is 2.30. The second-order valence-corrected chi connectivity index (χ2v) is 6.07. The highest BCUT2D eigenvalue weighted by atomic mass is 19.4. The topological polar surface area (TPSA) is 48.5 Å². The van der Waals surface area contributed by atoms with Crippen molar-refractivity contribution in [1.29, 1.82) is 0 Å². The molecular weight excluding hydrogens is 321 g/mol. The predicted molar refractivity (Wildman–Crippen MR) is 84.5 cm³/mol. The van der Waals surface area contributed by atoms with Crippen LogP contribution in [-0.2, 0) is 0 Å². The molecule has 1 aliphatic rings. The van der Waals surface area contributed by atoms with Gasteiger partial charge in [-0.05, 0) is 50.6 Å². The van der Waals surface area contributed by atoms with Crippen LogP contribution >= 0.6 is 0 Å². The number of hydrogen-bond acceptors (Lipinski definition) is 3. The molecule has 8 heteroatoms. The molecule has 0 aliphatic carbocycles. The van der Waals surface area contributed by atoms with E-state index in [0.717, 1.165) is 18.4 Å². The Morgan fingerprint density at radius 1 is 1.42 bits per heavy atom. The maximum atomic E-state index is 12.3. The van der Waals surface area contributed by atoms with Crippen LogP contribution < -0.4 is 5.32 Å². The number of hydrogen-bond donors (Lipinski definition) is 1. The number of carbonyl (C=O) groups excluding carboxylic acids is 1. The summed E-state index contributed by atoms with van der Waals surface area (Å²) in [5, 5.41) is 2.81. The molecule has 24 heavy (non-hydrogen) atoms. The quantitative estimate of drug-likeness (QED) is 0.808. The van der Waals surface area contributed by atoms with E-state index >= 15 is 0 Å². The molecule has 0 radical (unpaired) electrons. The summed E-state index contributed by atoms with van der Waals surface area (Å²) < 4.78 is 36.7. The van der Waals surface area contributed by atoms with E-state index in [1.54, 1.807) is 17.3 Å². The van der Waals surface area contributed by atoms with Crippen molar-refractivity contribution in [3.05, 3.63) is 30.1 Å². The van der Waals surface area contributed by atoms with E-state index in [0.29, 0.717) is 19.5 Å². The first-order valence-corrected chi connectivity index (χ1v) is 8.06. The molecule has 1 aromatic rings. The Bertz CT molecular complexity index is 524. The Kier molecular flexibility index (Phi) is 6.42. The molecule has 1 aromatic heterocycles. The minimum atomic E-state index is -4.19. The van der Waals surface area contributed by atoms with E-state index in [-0.39, 0.29) is 18.6 Å². The smallest absolute Gasteiger partial charge is 0.338 e. The highest BCUT2D eigenvalue weighted by Crippen LogP contribution is 2.31. The lowest BCUT2D eigenvalue weighted by Gasteiger charge is -2.25. The Balaban J connectivity index is 1.74. The molecule has 0 aromatic carbocycles. The largest absolute Gasteiger partial charge is 0.401 e. The normalized spacial score (nSPS) is 18.2. The standard InChI is InChI=1S/C16H23F3N4O/c1-22(12-16(17,18)19)10-3-7-21-15(24)23-11-2-4-14(23)13-5-8-20-9-6-13/h5-6,8-9,14H,2-4,7,10-12H2,1H3,(H,21,24). The number of carbonyl (C=O) groups is 1. The minimum Gasteiger partial charge on any atom is -0.338 e. The zero-order valence-corrected chi connectivity index (χ0v) is 13.7. The van der Waals surface area contributed by atoms with Crippen molar-refractivity contribution >= 4 is 6.03 Å². The van der Waals surface area contributed by atoms with E-state index < -0.39 is 12.7 Å². The summed E-state index contributed by atoms with van der Waals surface area (Å²) in [4.78, 5) is 19.3. The number of halogens is 3. The summed E-state index contributed by atoms with van der Waals surface area (Å²) in [6, 6.07) is 3.69. The highest BCUT2D eigenvalue weighted by molar-refractivity contribution is 5.75. The molecule has 0 spiro atoms. The van der Waals surface area contributed by atoms with Gasteiger partial charge < -0.3 is 10.2 Å². The van der Waals surface area contributed by atoms with Gasteiger partial charge in [0.2, 0.25) is 0 Å². The van der Waals surface area contributed by atoms with Crippen molar-refractivity contribution in [2.45, 2.75) is 31.5 Å². The molecule has 1 saturated heterocycles. The Labute approximate surface area is 139 Å². The van der Waals surface area contributed by atoms with E-state index in [2.05, 4.69) is 10.3 Å². The number of rotatable bonds is 6. The first-order chi connectivity index (χ1) is 11.4. The van der Waals surface area contributed by atoms with Crippen LogP contribution in [0.4, 0.5) is 18.0 Å². The number of nitrogens with one attached hydrogen (secondary N) is 1. The molecule has 1 aliphatic heterocycles. The third-order valence-corrected chi connectivity index (χ3v) is 4.05. The van der Waals surface area contributed by atoms with Crippen molar-refractivity contribution in [2.24, 2.45) is 0 Å². The Morgan fingerprint density at radius 2 is 2.12 bits per heavy atom. The summed E-state index contributed by atoms with van der Waals surface area (Å²) in [7, 11) is 1.43. The fourth-order valence-corrected chi connectivity index (χ4v) is 2.97. The summed E-state index contributed by atoms with van der Waals surface area (Å²) in [5.41, 5.74) is 1.06. The van der Waals surface area contributed by atoms with Gasteiger partial charge in [0.25, 0.3) is 0 Å². The number of aromatic nitrogens is 1. The molecule has 1 atom stereocenters. The third kappa shape index (κ3) is 5.67. The van der Waals surface area contributed by atoms with Crippen molar-refractivity contribution < 1.29 is 18.0 Å². The van der Waals surface area contributed by atoms with Crippen LogP contribution in [0.1, 0.15) is 30.9 Å². The van der Waals surface area contributed by atoms with Crippen LogP contribution in [0.5, 0.6) is 0 Å². The van der Waals surface area contributed by atoms with Gasteiger partial charge in [0.15, 0.2) is 0 Å². The molecule has 2 heterocycles. The van der Waals surface area contributed by atoms with Gasteiger partial charge in [-0.15, -0.1) is 0 Å². The molecule has 1 unspecified atom stereocenters.